The number of phenolic OH excluding ortho intramolecular Hbond substituents is 1. The summed E-state index contributed by atoms with van der Waals surface area (Å²) in [5.41, 5.74) is 4.80. The Bertz CT molecular complexity index is 917. The Hall–Kier alpha value is -2.36. The monoisotopic (exact) mass is 337 g/mol. The van der Waals surface area contributed by atoms with Crippen molar-refractivity contribution in [1.29, 1.82) is 0 Å². The van der Waals surface area contributed by atoms with Crippen molar-refractivity contribution in [3.8, 4) is 11.4 Å². The molecule has 0 saturated carbocycles. The van der Waals surface area contributed by atoms with Gasteiger partial charge in [0.05, 0.1) is 0 Å². The van der Waals surface area contributed by atoms with Gasteiger partial charge in [-0.25, -0.2) is 0 Å². The molecule has 3 aromatic rings. The molecule has 2 aromatic carbocycles. The van der Waals surface area contributed by atoms with Crippen molar-refractivity contribution in [3.63, 3.8) is 0 Å². The normalized spacial score (nSPS) is 12.7. The Balaban J connectivity index is 2.07. The summed E-state index contributed by atoms with van der Waals surface area (Å²) in [6, 6.07) is 11.7. The van der Waals surface area contributed by atoms with Crippen LogP contribution in [-0.2, 0) is 5.41 Å². The Labute approximate surface area is 149 Å². The first-order chi connectivity index (χ1) is 11.5. The molecule has 0 saturated heterocycles. The van der Waals surface area contributed by atoms with Gasteiger partial charge in [-0.1, -0.05) is 46.8 Å². The van der Waals surface area contributed by atoms with Gasteiger partial charge in [0.25, 0.3) is 0 Å². The molecular weight excluding hydrogens is 310 g/mol. The predicted octanol–water partition coefficient (Wildman–Crippen LogP) is 5.15. The molecule has 0 aliphatic heterocycles. The first-order valence-electron chi connectivity index (χ1n) is 8.73. The van der Waals surface area contributed by atoms with Gasteiger partial charge < -0.3 is 5.11 Å². The molecule has 0 amide bonds. The number of nitrogens with zero attached hydrogens (tertiary/aromatic N) is 3. The lowest BCUT2D eigenvalue weighted by Gasteiger charge is -2.33. The Morgan fingerprint density at radius 3 is 2.28 bits per heavy atom. The summed E-state index contributed by atoms with van der Waals surface area (Å²) in [5.74, 6) is 0.187. The van der Waals surface area contributed by atoms with Crippen LogP contribution in [0.15, 0.2) is 36.4 Å². The summed E-state index contributed by atoms with van der Waals surface area (Å²) in [5, 5.41) is 19.4. The Kier molecular flexibility index (Phi) is 4.10. The van der Waals surface area contributed by atoms with Crippen molar-refractivity contribution >= 4 is 11.0 Å². The van der Waals surface area contributed by atoms with Gasteiger partial charge in [0.15, 0.2) is 0 Å². The third kappa shape index (κ3) is 3.68. The van der Waals surface area contributed by atoms with Crippen molar-refractivity contribution in [2.45, 2.75) is 53.4 Å². The highest BCUT2D eigenvalue weighted by Gasteiger charge is 2.28. The van der Waals surface area contributed by atoms with Gasteiger partial charge in [-0.15, -0.1) is 15.0 Å². The second-order valence-corrected chi connectivity index (χ2v) is 8.81. The molecule has 0 radical (unpaired) electrons. The molecule has 25 heavy (non-hydrogen) atoms. The maximum absolute atomic E-state index is 10.4. The number of aromatic hydroxyl groups is 1. The highest BCUT2D eigenvalue weighted by Crippen LogP contribution is 2.38. The quantitative estimate of drug-likeness (QED) is 0.719. The third-order valence-electron chi connectivity index (χ3n) is 4.48. The lowest BCUT2D eigenvalue weighted by molar-refractivity contribution is 0.284. The molecule has 0 aliphatic rings. The zero-order valence-electron chi connectivity index (χ0n) is 16.0. The molecule has 0 aliphatic carbocycles. The van der Waals surface area contributed by atoms with E-state index in [1.165, 1.54) is 10.4 Å². The highest BCUT2D eigenvalue weighted by molar-refractivity contribution is 5.74. The van der Waals surface area contributed by atoms with Gasteiger partial charge in [-0.05, 0) is 59.6 Å². The van der Waals surface area contributed by atoms with Gasteiger partial charge in [-0.2, -0.15) is 0 Å². The largest absolute Gasteiger partial charge is 0.506 e. The van der Waals surface area contributed by atoms with E-state index >= 15 is 0 Å². The number of aryl methyl sites for hydroxylation is 1. The van der Waals surface area contributed by atoms with Crippen molar-refractivity contribution in [2.24, 2.45) is 5.41 Å². The number of hydrogen-bond donors (Lipinski definition) is 1. The molecule has 1 N–H and O–H groups in total. The van der Waals surface area contributed by atoms with Crippen molar-refractivity contribution in [1.82, 2.24) is 15.0 Å². The van der Waals surface area contributed by atoms with Crippen molar-refractivity contribution in [2.75, 3.05) is 0 Å². The molecule has 3 rings (SSSR count). The molecule has 4 heteroatoms. The molecule has 1 heterocycles. The number of fused-ring (bicyclic) bond motifs is 1. The molecule has 1 aromatic heterocycles. The smallest absolute Gasteiger partial charge is 0.143 e. The topological polar surface area (TPSA) is 50.9 Å². The second-order valence-electron chi connectivity index (χ2n) is 8.81. The summed E-state index contributed by atoms with van der Waals surface area (Å²) in [4.78, 5) is 1.54. The fourth-order valence-corrected chi connectivity index (χ4v) is 3.66. The van der Waals surface area contributed by atoms with E-state index in [0.717, 1.165) is 23.0 Å². The summed E-state index contributed by atoms with van der Waals surface area (Å²) in [6.07, 6.45) is 1.04. The van der Waals surface area contributed by atoms with Crippen LogP contribution < -0.4 is 0 Å². The minimum atomic E-state index is -0.0101. The van der Waals surface area contributed by atoms with Crippen LogP contribution in [0.3, 0.4) is 0 Å². The molecule has 0 fully saturated rings. The van der Waals surface area contributed by atoms with E-state index < -0.39 is 0 Å². The molecule has 0 unspecified atom stereocenters. The number of rotatable bonds is 3. The standard InChI is InChI=1S/C21H27N3O/c1-14-7-9-16-17(11-14)23-24(22-16)18-12-15(8-10-19(18)25)21(5,6)13-20(2,3)4/h7-12,25H,13H2,1-6H3. The van der Waals surface area contributed by atoms with Crippen LogP contribution in [0.4, 0.5) is 0 Å². The van der Waals surface area contributed by atoms with Crippen LogP contribution >= 0.6 is 0 Å². The van der Waals surface area contributed by atoms with Crippen LogP contribution in [0, 0.1) is 12.3 Å². The summed E-state index contributed by atoms with van der Waals surface area (Å²) in [6.45, 7) is 13.3. The Morgan fingerprint density at radius 1 is 0.920 bits per heavy atom. The van der Waals surface area contributed by atoms with E-state index in [9.17, 15) is 5.11 Å². The first kappa shape index (κ1) is 17.5. The fourth-order valence-electron chi connectivity index (χ4n) is 3.66. The van der Waals surface area contributed by atoms with E-state index in [-0.39, 0.29) is 16.6 Å². The minimum Gasteiger partial charge on any atom is -0.506 e. The SMILES string of the molecule is Cc1ccc2nn(-c3cc(C(C)(C)CC(C)(C)C)ccc3O)nc2c1. The van der Waals surface area contributed by atoms with Gasteiger partial charge in [-0.3, -0.25) is 0 Å². The lowest BCUT2D eigenvalue weighted by atomic mass is 9.72. The minimum absolute atomic E-state index is 0.0101. The number of hydrogen-bond acceptors (Lipinski definition) is 3. The van der Waals surface area contributed by atoms with Crippen molar-refractivity contribution in [3.05, 3.63) is 47.5 Å². The number of phenols is 1. The second kappa shape index (κ2) is 5.87. The first-order valence-corrected chi connectivity index (χ1v) is 8.73. The average Bonchev–Trinajstić information content (AvgIpc) is 2.87. The van der Waals surface area contributed by atoms with Gasteiger partial charge in [0, 0.05) is 0 Å². The maximum atomic E-state index is 10.4. The lowest BCUT2D eigenvalue weighted by Crippen LogP contribution is -2.25. The zero-order chi connectivity index (χ0) is 18.4. The number of aromatic nitrogens is 3. The van der Waals surface area contributed by atoms with Gasteiger partial charge in [0.2, 0.25) is 0 Å². The van der Waals surface area contributed by atoms with E-state index in [2.05, 4.69) is 44.8 Å². The predicted molar refractivity (Wildman–Crippen MR) is 102 cm³/mol. The van der Waals surface area contributed by atoms with E-state index in [1.807, 2.05) is 37.3 Å². The molecule has 0 atom stereocenters. The molecular formula is C21H27N3O. The Morgan fingerprint density at radius 2 is 1.60 bits per heavy atom. The van der Waals surface area contributed by atoms with E-state index in [1.54, 1.807) is 6.07 Å². The molecule has 132 valence electrons. The van der Waals surface area contributed by atoms with Crippen LogP contribution in [0.1, 0.15) is 52.2 Å². The molecule has 0 bridgehead atoms. The highest BCUT2D eigenvalue weighted by atomic mass is 16.3. The van der Waals surface area contributed by atoms with E-state index in [0.29, 0.717) is 5.69 Å². The van der Waals surface area contributed by atoms with Gasteiger partial charge >= 0.3 is 0 Å². The van der Waals surface area contributed by atoms with Crippen LogP contribution in [0.25, 0.3) is 16.7 Å². The summed E-state index contributed by atoms with van der Waals surface area (Å²) in [7, 11) is 0. The molecule has 4 nitrogen and oxygen atoms in total. The van der Waals surface area contributed by atoms with Crippen LogP contribution in [-0.4, -0.2) is 20.1 Å². The summed E-state index contributed by atoms with van der Waals surface area (Å²) >= 11 is 0. The van der Waals surface area contributed by atoms with E-state index in [4.69, 9.17) is 0 Å². The number of benzene rings is 2. The van der Waals surface area contributed by atoms with Crippen molar-refractivity contribution < 1.29 is 5.11 Å². The third-order valence-corrected chi connectivity index (χ3v) is 4.48. The zero-order valence-corrected chi connectivity index (χ0v) is 16.0. The maximum Gasteiger partial charge on any atom is 0.143 e. The summed E-state index contributed by atoms with van der Waals surface area (Å²) < 4.78 is 0. The van der Waals surface area contributed by atoms with Gasteiger partial charge in [0.1, 0.15) is 22.5 Å². The fraction of sp³-hybridized carbons (Fsp3) is 0.429. The van der Waals surface area contributed by atoms with Crippen LogP contribution in [0.5, 0.6) is 5.75 Å². The molecule has 0 spiro atoms. The average molecular weight is 337 g/mol. The van der Waals surface area contributed by atoms with Crippen LogP contribution in [0.2, 0.25) is 0 Å².